The minimum Gasteiger partial charge on any atom is -0.329 e. The summed E-state index contributed by atoms with van der Waals surface area (Å²) < 4.78 is 3.88. The Morgan fingerprint density at radius 3 is 2.82 bits per heavy atom. The van der Waals surface area contributed by atoms with Gasteiger partial charge in [0.1, 0.15) is 0 Å². The van der Waals surface area contributed by atoms with E-state index >= 15 is 0 Å². The van der Waals surface area contributed by atoms with E-state index in [1.54, 1.807) is 16.0 Å². The lowest BCUT2D eigenvalue weighted by Gasteiger charge is -2.12. The maximum absolute atomic E-state index is 4.70. The summed E-state index contributed by atoms with van der Waals surface area (Å²) in [6.07, 6.45) is 10.4. The first-order valence-electron chi connectivity index (χ1n) is 9.56. The van der Waals surface area contributed by atoms with Gasteiger partial charge >= 0.3 is 0 Å². The van der Waals surface area contributed by atoms with Gasteiger partial charge in [-0.25, -0.2) is 9.97 Å². The number of likely N-dealkylation sites (tertiary alicyclic amines) is 1. The summed E-state index contributed by atoms with van der Waals surface area (Å²) in [6, 6.07) is 2.23. The number of aryl methyl sites for hydroxylation is 2. The largest absolute Gasteiger partial charge is 0.329 e. The number of rotatable bonds is 5. The molecule has 0 atom stereocenters. The molecule has 0 saturated carbocycles. The van der Waals surface area contributed by atoms with Gasteiger partial charge in [0.15, 0.2) is 11.5 Å². The summed E-state index contributed by atoms with van der Waals surface area (Å²) in [5.74, 6) is 0.782. The minimum atomic E-state index is 0.782. The first-order chi connectivity index (χ1) is 13.7. The quantitative estimate of drug-likeness (QED) is 0.558. The molecule has 1 aliphatic rings. The number of nitrogens with one attached hydrogen (secondary N) is 1. The number of nitrogens with zero attached hydrogens (tertiary/aromatic N) is 6. The maximum Gasteiger partial charge on any atom is 0.180 e. The topological polar surface area (TPSA) is 63.3 Å². The molecule has 4 aromatic rings. The van der Waals surface area contributed by atoms with Gasteiger partial charge in [0, 0.05) is 31.5 Å². The third-order valence-corrected chi connectivity index (χ3v) is 6.01. The van der Waals surface area contributed by atoms with Crippen molar-refractivity contribution in [1.82, 2.24) is 29.0 Å². The van der Waals surface area contributed by atoms with E-state index in [1.807, 2.05) is 38.8 Å². The molecule has 0 bridgehead atoms. The fourth-order valence-corrected chi connectivity index (χ4v) is 4.60. The lowest BCUT2D eigenvalue weighted by atomic mass is 10.3. The Morgan fingerprint density at radius 2 is 2.04 bits per heavy atom. The summed E-state index contributed by atoms with van der Waals surface area (Å²) in [6.45, 7) is 5.46. The van der Waals surface area contributed by atoms with Crippen molar-refractivity contribution in [1.29, 1.82) is 0 Å². The van der Waals surface area contributed by atoms with Crippen molar-refractivity contribution >= 4 is 27.8 Å². The molecule has 0 unspecified atom stereocenters. The van der Waals surface area contributed by atoms with E-state index in [0.717, 1.165) is 40.0 Å². The molecular formula is C20H23N7S. The van der Waals surface area contributed by atoms with E-state index in [-0.39, 0.29) is 0 Å². The molecule has 0 radical (unpaired) electrons. The van der Waals surface area contributed by atoms with Crippen LogP contribution >= 0.6 is 11.3 Å². The highest BCUT2D eigenvalue weighted by Gasteiger charge is 2.15. The molecule has 0 amide bonds. The first kappa shape index (κ1) is 17.4. The van der Waals surface area contributed by atoms with Crippen molar-refractivity contribution in [3.63, 3.8) is 0 Å². The van der Waals surface area contributed by atoms with E-state index < -0.39 is 0 Å². The second-order valence-electron chi connectivity index (χ2n) is 7.40. The summed E-state index contributed by atoms with van der Waals surface area (Å²) in [4.78, 5) is 11.8. The summed E-state index contributed by atoms with van der Waals surface area (Å²) in [5, 5.41) is 11.1. The molecule has 0 aromatic carbocycles. The van der Waals surface area contributed by atoms with Crippen LogP contribution in [0.5, 0.6) is 0 Å². The van der Waals surface area contributed by atoms with Crippen LogP contribution in [0.4, 0.5) is 10.8 Å². The molecular weight excluding hydrogens is 370 g/mol. The average Bonchev–Trinajstić information content (AvgIpc) is 3.43. The van der Waals surface area contributed by atoms with Gasteiger partial charge in [-0.2, -0.15) is 5.10 Å². The Bertz CT molecular complexity index is 1120. The highest BCUT2D eigenvalue weighted by molar-refractivity contribution is 7.14. The highest BCUT2D eigenvalue weighted by Crippen LogP contribution is 2.29. The molecule has 1 saturated heterocycles. The van der Waals surface area contributed by atoms with Crippen molar-refractivity contribution in [3.8, 4) is 11.3 Å². The van der Waals surface area contributed by atoms with E-state index in [2.05, 4.69) is 36.1 Å². The number of aromatic nitrogens is 5. The lowest BCUT2D eigenvalue weighted by Crippen LogP contribution is -2.17. The third-order valence-electron chi connectivity index (χ3n) is 5.11. The van der Waals surface area contributed by atoms with Crippen molar-refractivity contribution < 1.29 is 0 Å². The molecule has 4 aromatic heterocycles. The van der Waals surface area contributed by atoms with Crippen molar-refractivity contribution in [3.05, 3.63) is 47.5 Å². The third kappa shape index (κ3) is 3.29. The molecule has 28 heavy (non-hydrogen) atoms. The molecule has 0 aliphatic carbocycles. The van der Waals surface area contributed by atoms with Crippen molar-refractivity contribution in [2.75, 3.05) is 18.4 Å². The second-order valence-corrected chi connectivity index (χ2v) is 8.31. The van der Waals surface area contributed by atoms with Gasteiger partial charge in [0.2, 0.25) is 0 Å². The molecule has 0 spiro atoms. The number of thiophene rings is 1. The number of imidazole rings is 1. The van der Waals surface area contributed by atoms with Gasteiger partial charge in [-0.05, 0) is 49.9 Å². The van der Waals surface area contributed by atoms with Crippen LogP contribution in [0.1, 0.15) is 24.1 Å². The Kier molecular flexibility index (Phi) is 4.37. The standard InChI is InChI=1S/C20H23N7S/c1-14-10-27-17(16-8-22-25(2)12-16)9-21-20(27)19(23-14)24-18-7-15(13-28-18)11-26-5-3-4-6-26/h7-10,12-13H,3-6,11H2,1-2H3,(H,23,24). The van der Waals surface area contributed by atoms with Crippen molar-refractivity contribution in [2.24, 2.45) is 7.05 Å². The van der Waals surface area contributed by atoms with E-state index in [9.17, 15) is 0 Å². The Balaban J connectivity index is 1.44. The highest BCUT2D eigenvalue weighted by atomic mass is 32.1. The van der Waals surface area contributed by atoms with Gasteiger partial charge in [0.25, 0.3) is 0 Å². The second kappa shape index (κ2) is 7.03. The molecule has 1 fully saturated rings. The molecule has 1 aliphatic heterocycles. The van der Waals surface area contributed by atoms with Gasteiger partial charge in [-0.15, -0.1) is 11.3 Å². The molecule has 5 heterocycles. The van der Waals surface area contributed by atoms with E-state index in [4.69, 9.17) is 4.98 Å². The van der Waals surface area contributed by atoms with Gasteiger partial charge in [-0.1, -0.05) is 0 Å². The normalized spacial score (nSPS) is 14.9. The number of anilines is 2. The summed E-state index contributed by atoms with van der Waals surface area (Å²) in [7, 11) is 1.92. The monoisotopic (exact) mass is 393 g/mol. The predicted molar refractivity (Wildman–Crippen MR) is 112 cm³/mol. The summed E-state index contributed by atoms with van der Waals surface area (Å²) >= 11 is 1.72. The number of fused-ring (bicyclic) bond motifs is 1. The van der Waals surface area contributed by atoms with Crippen LogP contribution in [-0.2, 0) is 13.6 Å². The molecule has 7 nitrogen and oxygen atoms in total. The van der Waals surface area contributed by atoms with E-state index in [0.29, 0.717) is 0 Å². The molecule has 8 heteroatoms. The van der Waals surface area contributed by atoms with Gasteiger partial charge in [-0.3, -0.25) is 14.0 Å². The van der Waals surface area contributed by atoms with Crippen LogP contribution in [0.25, 0.3) is 16.9 Å². The smallest absolute Gasteiger partial charge is 0.180 e. The molecule has 5 rings (SSSR count). The molecule has 1 N–H and O–H groups in total. The van der Waals surface area contributed by atoms with Crippen LogP contribution < -0.4 is 5.32 Å². The van der Waals surface area contributed by atoms with Crippen molar-refractivity contribution in [2.45, 2.75) is 26.3 Å². The zero-order valence-corrected chi connectivity index (χ0v) is 16.9. The van der Waals surface area contributed by atoms with E-state index in [1.165, 1.54) is 31.5 Å². The van der Waals surface area contributed by atoms with Gasteiger partial charge < -0.3 is 5.32 Å². The maximum atomic E-state index is 4.70. The lowest BCUT2D eigenvalue weighted by molar-refractivity contribution is 0.332. The van der Waals surface area contributed by atoms with Crippen LogP contribution in [0, 0.1) is 6.92 Å². The predicted octanol–water partition coefficient (Wildman–Crippen LogP) is 3.84. The minimum absolute atomic E-state index is 0.782. The van der Waals surface area contributed by atoms with Crippen LogP contribution in [-0.4, -0.2) is 42.1 Å². The Labute approximate surface area is 167 Å². The van der Waals surface area contributed by atoms with Crippen LogP contribution in [0.2, 0.25) is 0 Å². The Morgan fingerprint density at radius 1 is 1.18 bits per heavy atom. The zero-order chi connectivity index (χ0) is 19.1. The van der Waals surface area contributed by atoms with Gasteiger partial charge in [0.05, 0.1) is 28.8 Å². The van der Waals surface area contributed by atoms with Crippen LogP contribution in [0.3, 0.4) is 0 Å². The number of hydrogen-bond donors (Lipinski definition) is 1. The fraction of sp³-hybridized carbons (Fsp3) is 0.350. The Hall–Kier alpha value is -2.71. The SMILES string of the molecule is Cc1cn2c(-c3cnn(C)c3)cnc2c(Nc2cc(CN3CCCC3)cs2)n1. The average molecular weight is 394 g/mol. The first-order valence-corrected chi connectivity index (χ1v) is 10.4. The number of hydrogen-bond acceptors (Lipinski definition) is 6. The zero-order valence-electron chi connectivity index (χ0n) is 16.1. The summed E-state index contributed by atoms with van der Waals surface area (Å²) in [5.41, 5.74) is 5.16. The fourth-order valence-electron chi connectivity index (χ4n) is 3.80. The van der Waals surface area contributed by atoms with Crippen LogP contribution in [0.15, 0.2) is 36.2 Å². The molecule has 144 valence electrons.